The van der Waals surface area contributed by atoms with Crippen molar-refractivity contribution in [2.24, 2.45) is 0 Å². The van der Waals surface area contributed by atoms with Gasteiger partial charge in [0.25, 0.3) is 0 Å². The van der Waals surface area contributed by atoms with Gasteiger partial charge in [0.05, 0.1) is 12.1 Å². The van der Waals surface area contributed by atoms with Gasteiger partial charge in [-0.25, -0.2) is 9.97 Å². The van der Waals surface area contributed by atoms with Crippen LogP contribution in [0.4, 0.5) is 5.95 Å². The molecule has 1 fully saturated rings. The molecule has 0 spiro atoms. The number of aromatic nitrogens is 2. The lowest BCUT2D eigenvalue weighted by molar-refractivity contribution is 0.116. The minimum atomic E-state index is -0.265. The average Bonchev–Trinajstić information content (AvgIpc) is 2.27. The normalized spacial score (nSPS) is 25.4. The molecular formula is C12H19N3O. The molecule has 1 aromatic rings. The number of aliphatic hydroxyl groups excluding tert-OH is 1. The van der Waals surface area contributed by atoms with Gasteiger partial charge in [-0.2, -0.15) is 0 Å². The summed E-state index contributed by atoms with van der Waals surface area (Å²) in [6.45, 7) is 3.97. The molecule has 1 heterocycles. The molecule has 0 saturated heterocycles. The van der Waals surface area contributed by atoms with E-state index < -0.39 is 0 Å². The number of hydrogen-bond donors (Lipinski definition) is 2. The van der Waals surface area contributed by atoms with Crippen LogP contribution < -0.4 is 5.32 Å². The van der Waals surface area contributed by atoms with Crippen LogP contribution in [0, 0.1) is 13.8 Å². The third kappa shape index (κ3) is 2.50. The van der Waals surface area contributed by atoms with Crippen LogP contribution in [-0.4, -0.2) is 27.2 Å². The lowest BCUT2D eigenvalue weighted by Crippen LogP contribution is -2.36. The maximum Gasteiger partial charge on any atom is 0.223 e. The van der Waals surface area contributed by atoms with Gasteiger partial charge in [-0.1, -0.05) is 12.8 Å². The van der Waals surface area contributed by atoms with Crippen molar-refractivity contribution >= 4 is 5.95 Å². The maximum atomic E-state index is 9.84. The number of hydrogen-bond acceptors (Lipinski definition) is 4. The first-order valence-corrected chi connectivity index (χ1v) is 5.91. The Balaban J connectivity index is 2.05. The van der Waals surface area contributed by atoms with Crippen molar-refractivity contribution in [2.75, 3.05) is 5.32 Å². The van der Waals surface area contributed by atoms with Gasteiger partial charge in [0.1, 0.15) is 0 Å². The molecule has 1 aromatic heterocycles. The highest BCUT2D eigenvalue weighted by atomic mass is 16.3. The molecule has 2 atom stereocenters. The zero-order valence-corrected chi connectivity index (χ0v) is 9.90. The summed E-state index contributed by atoms with van der Waals surface area (Å²) in [5.74, 6) is 0.633. The van der Waals surface area contributed by atoms with Gasteiger partial charge in [-0.05, 0) is 32.3 Å². The number of rotatable bonds is 2. The van der Waals surface area contributed by atoms with Crippen molar-refractivity contribution in [3.63, 3.8) is 0 Å². The molecule has 1 saturated carbocycles. The van der Waals surface area contributed by atoms with Gasteiger partial charge in [-0.15, -0.1) is 0 Å². The van der Waals surface area contributed by atoms with Gasteiger partial charge in [-0.3, -0.25) is 0 Å². The smallest absolute Gasteiger partial charge is 0.223 e. The highest BCUT2D eigenvalue weighted by Crippen LogP contribution is 2.21. The number of aliphatic hydroxyl groups is 1. The molecule has 0 aliphatic heterocycles. The maximum absolute atomic E-state index is 9.84. The third-order valence-electron chi connectivity index (χ3n) is 3.27. The predicted octanol–water partition coefficient (Wildman–Crippen LogP) is 1.81. The van der Waals surface area contributed by atoms with Crippen LogP contribution >= 0.6 is 0 Å². The van der Waals surface area contributed by atoms with Crippen LogP contribution in [0.5, 0.6) is 0 Å². The highest BCUT2D eigenvalue weighted by molar-refractivity contribution is 5.30. The topological polar surface area (TPSA) is 58.0 Å². The van der Waals surface area contributed by atoms with E-state index in [9.17, 15) is 5.11 Å². The predicted molar refractivity (Wildman–Crippen MR) is 63.4 cm³/mol. The molecule has 0 radical (unpaired) electrons. The summed E-state index contributed by atoms with van der Waals surface area (Å²) in [7, 11) is 0. The molecule has 0 bridgehead atoms. The number of anilines is 1. The number of nitrogens with zero attached hydrogens (tertiary/aromatic N) is 2. The van der Waals surface area contributed by atoms with Gasteiger partial charge >= 0.3 is 0 Å². The van der Waals surface area contributed by atoms with Crippen LogP contribution in [0.1, 0.15) is 36.9 Å². The van der Waals surface area contributed by atoms with Crippen LogP contribution in [-0.2, 0) is 0 Å². The number of aryl methyl sites for hydroxylation is 2. The van der Waals surface area contributed by atoms with E-state index in [0.717, 1.165) is 30.5 Å². The van der Waals surface area contributed by atoms with Crippen molar-refractivity contribution in [1.29, 1.82) is 0 Å². The summed E-state index contributed by atoms with van der Waals surface area (Å²) in [5, 5.41) is 13.1. The molecule has 4 heteroatoms. The molecule has 0 aromatic carbocycles. The monoisotopic (exact) mass is 221 g/mol. The fourth-order valence-electron chi connectivity index (χ4n) is 2.04. The van der Waals surface area contributed by atoms with Gasteiger partial charge in [0.2, 0.25) is 5.95 Å². The Bertz CT molecular complexity index is 367. The van der Waals surface area contributed by atoms with E-state index in [1.54, 1.807) is 0 Å². The second-order valence-corrected chi connectivity index (χ2v) is 4.56. The SMILES string of the molecule is Cc1cnc(N[C@H]2CCCC[C@@H]2O)nc1C. The van der Waals surface area contributed by atoms with Gasteiger partial charge < -0.3 is 10.4 Å². The van der Waals surface area contributed by atoms with Crippen molar-refractivity contribution in [3.05, 3.63) is 17.5 Å². The largest absolute Gasteiger partial charge is 0.391 e. The highest BCUT2D eigenvalue weighted by Gasteiger charge is 2.23. The summed E-state index contributed by atoms with van der Waals surface area (Å²) in [5.41, 5.74) is 2.08. The van der Waals surface area contributed by atoms with Crippen LogP contribution in [0.15, 0.2) is 6.20 Å². The summed E-state index contributed by atoms with van der Waals surface area (Å²) in [6, 6.07) is 0.107. The van der Waals surface area contributed by atoms with Crippen molar-refractivity contribution < 1.29 is 5.11 Å². The zero-order chi connectivity index (χ0) is 11.5. The Morgan fingerprint density at radius 1 is 1.31 bits per heavy atom. The molecule has 16 heavy (non-hydrogen) atoms. The van der Waals surface area contributed by atoms with Gasteiger partial charge in [0, 0.05) is 11.9 Å². The molecule has 2 rings (SSSR count). The second-order valence-electron chi connectivity index (χ2n) is 4.56. The molecule has 0 unspecified atom stereocenters. The first kappa shape index (κ1) is 11.3. The van der Waals surface area contributed by atoms with Crippen molar-refractivity contribution in [1.82, 2.24) is 9.97 Å². The lowest BCUT2D eigenvalue weighted by atomic mass is 9.93. The first-order chi connectivity index (χ1) is 7.66. The van der Waals surface area contributed by atoms with E-state index in [1.807, 2.05) is 20.0 Å². The quantitative estimate of drug-likeness (QED) is 0.799. The van der Waals surface area contributed by atoms with E-state index in [4.69, 9.17) is 0 Å². The molecule has 88 valence electrons. The Hall–Kier alpha value is -1.16. The minimum absolute atomic E-state index is 0.107. The first-order valence-electron chi connectivity index (χ1n) is 5.91. The Kier molecular flexibility index (Phi) is 3.39. The fraction of sp³-hybridized carbons (Fsp3) is 0.667. The average molecular weight is 221 g/mol. The van der Waals surface area contributed by atoms with Crippen molar-refractivity contribution in [3.8, 4) is 0 Å². The summed E-state index contributed by atoms with van der Waals surface area (Å²) in [4.78, 5) is 8.60. The Labute approximate surface area is 96.1 Å². The number of nitrogens with one attached hydrogen (secondary N) is 1. The zero-order valence-electron chi connectivity index (χ0n) is 9.90. The molecule has 4 nitrogen and oxygen atoms in total. The summed E-state index contributed by atoms with van der Waals surface area (Å²) in [6.07, 6.45) is 5.71. The van der Waals surface area contributed by atoms with E-state index in [-0.39, 0.29) is 12.1 Å². The molecule has 1 aliphatic rings. The van der Waals surface area contributed by atoms with Crippen molar-refractivity contribution in [2.45, 2.75) is 51.7 Å². The minimum Gasteiger partial charge on any atom is -0.391 e. The van der Waals surface area contributed by atoms with Gasteiger partial charge in [0.15, 0.2) is 0 Å². The van der Waals surface area contributed by atoms with Crippen LogP contribution in [0.25, 0.3) is 0 Å². The standard InChI is InChI=1S/C12H19N3O/c1-8-7-13-12(14-9(8)2)15-10-5-3-4-6-11(10)16/h7,10-11,16H,3-6H2,1-2H3,(H,13,14,15)/t10-,11-/m0/s1. The Morgan fingerprint density at radius 3 is 2.75 bits per heavy atom. The summed E-state index contributed by atoms with van der Waals surface area (Å²) >= 11 is 0. The van der Waals surface area contributed by atoms with E-state index in [0.29, 0.717) is 5.95 Å². The van der Waals surface area contributed by atoms with E-state index >= 15 is 0 Å². The summed E-state index contributed by atoms with van der Waals surface area (Å²) < 4.78 is 0. The molecule has 1 aliphatic carbocycles. The fourth-order valence-corrected chi connectivity index (χ4v) is 2.04. The van der Waals surface area contributed by atoms with Crippen LogP contribution in [0.3, 0.4) is 0 Å². The third-order valence-corrected chi connectivity index (χ3v) is 3.27. The second kappa shape index (κ2) is 4.78. The molecule has 0 amide bonds. The van der Waals surface area contributed by atoms with E-state index in [1.165, 1.54) is 6.42 Å². The Morgan fingerprint density at radius 2 is 2.06 bits per heavy atom. The van der Waals surface area contributed by atoms with Crippen LogP contribution in [0.2, 0.25) is 0 Å². The lowest BCUT2D eigenvalue weighted by Gasteiger charge is -2.28. The van der Waals surface area contributed by atoms with E-state index in [2.05, 4.69) is 15.3 Å². The molecular weight excluding hydrogens is 202 g/mol. The molecule has 2 N–H and O–H groups in total.